The number of hydrogen-bond donors (Lipinski definition) is 0. The molecule has 2 heteroatoms. The Balaban J connectivity index is 1.12. The standard InChI is InChI=1S/C63H53NO/c1-46-26-32-52(33-27-46)62(53-34-41-58(65-3)42-35-53)45-55(49-17-7-4-8-18-49)44-54-36-43-63(61-24-14-13-23-60(54)61)64(56-37-28-47(2)29-38-56)57-39-30-48(31-40-57)16-15-25-59(50-19-9-5-10-20-50)51-21-11-6-12-22-51/h4-5,7-11,13-45H,6,12H2,1-3H3/b16-15+,55-44-,59-25+,62-45+. The zero-order chi connectivity index (χ0) is 44.4. The van der Waals surface area contributed by atoms with E-state index in [1.807, 2.05) is 12.1 Å². The zero-order valence-electron chi connectivity index (χ0n) is 37.4. The molecule has 0 saturated carbocycles. The van der Waals surface area contributed by atoms with Crippen LogP contribution >= 0.6 is 0 Å². The SMILES string of the molecule is COc1ccc(/C(=C/C(=C/c2ccc(N(c3ccc(C)cc3)c3ccc(/C=C/C=C(/C4=CCCC=C4)c4ccccc4)cc3)c3ccccc23)c2ccccc2)c2ccc(C)cc2)cc1. The fraction of sp³-hybridized carbons (Fsp3) is 0.0794. The number of aryl methyl sites for hydroxylation is 2. The largest absolute Gasteiger partial charge is 0.497 e. The minimum atomic E-state index is 0.834. The van der Waals surface area contributed by atoms with Crippen molar-refractivity contribution in [3.05, 3.63) is 281 Å². The van der Waals surface area contributed by atoms with Crippen molar-refractivity contribution in [3.8, 4) is 5.75 Å². The first-order valence-corrected chi connectivity index (χ1v) is 22.5. The third kappa shape index (κ3) is 9.99. The van der Waals surface area contributed by atoms with Gasteiger partial charge in [-0.1, -0.05) is 199 Å². The van der Waals surface area contributed by atoms with Crippen LogP contribution < -0.4 is 9.64 Å². The van der Waals surface area contributed by atoms with Crippen molar-refractivity contribution in [2.24, 2.45) is 0 Å². The minimum absolute atomic E-state index is 0.834. The van der Waals surface area contributed by atoms with E-state index in [0.717, 1.165) is 74.6 Å². The van der Waals surface area contributed by atoms with E-state index in [1.54, 1.807) is 7.11 Å². The molecule has 0 aromatic heterocycles. The van der Waals surface area contributed by atoms with Crippen molar-refractivity contribution < 1.29 is 4.74 Å². The van der Waals surface area contributed by atoms with E-state index in [4.69, 9.17) is 4.74 Å². The molecule has 0 radical (unpaired) electrons. The van der Waals surface area contributed by atoms with Gasteiger partial charge in [-0.05, 0) is 142 Å². The third-order valence-corrected chi connectivity index (χ3v) is 12.0. The second kappa shape index (κ2) is 20.1. The van der Waals surface area contributed by atoms with Gasteiger partial charge < -0.3 is 9.64 Å². The Kier molecular flexibility index (Phi) is 13.1. The molecule has 0 heterocycles. The summed E-state index contributed by atoms with van der Waals surface area (Å²) in [5.41, 5.74) is 17.5. The fourth-order valence-corrected chi connectivity index (χ4v) is 8.53. The second-order valence-electron chi connectivity index (χ2n) is 16.5. The van der Waals surface area contributed by atoms with Crippen LogP contribution in [-0.4, -0.2) is 7.11 Å². The zero-order valence-corrected chi connectivity index (χ0v) is 37.4. The van der Waals surface area contributed by atoms with Crippen molar-refractivity contribution in [3.63, 3.8) is 0 Å². The lowest BCUT2D eigenvalue weighted by molar-refractivity contribution is 0.415. The van der Waals surface area contributed by atoms with Crippen molar-refractivity contribution in [2.75, 3.05) is 12.0 Å². The van der Waals surface area contributed by atoms with Gasteiger partial charge in [-0.25, -0.2) is 0 Å². The van der Waals surface area contributed by atoms with Crippen LogP contribution in [0.2, 0.25) is 0 Å². The van der Waals surface area contributed by atoms with Gasteiger partial charge >= 0.3 is 0 Å². The maximum Gasteiger partial charge on any atom is 0.118 e. The summed E-state index contributed by atoms with van der Waals surface area (Å²) in [6.07, 6.45) is 20.3. The van der Waals surface area contributed by atoms with Gasteiger partial charge in [-0.3, -0.25) is 0 Å². The summed E-state index contributed by atoms with van der Waals surface area (Å²) in [6, 6.07) is 69.6. The molecule has 0 aliphatic heterocycles. The second-order valence-corrected chi connectivity index (χ2v) is 16.5. The Labute approximate surface area is 384 Å². The van der Waals surface area contributed by atoms with Crippen molar-refractivity contribution in [2.45, 2.75) is 26.7 Å². The lowest BCUT2D eigenvalue weighted by Crippen LogP contribution is -2.10. The van der Waals surface area contributed by atoms with Crippen LogP contribution in [0.15, 0.2) is 236 Å². The predicted molar refractivity (Wildman–Crippen MR) is 279 cm³/mol. The summed E-state index contributed by atoms with van der Waals surface area (Å²) < 4.78 is 5.54. The van der Waals surface area contributed by atoms with Gasteiger partial charge in [-0.2, -0.15) is 0 Å². The predicted octanol–water partition coefficient (Wildman–Crippen LogP) is 17.0. The number of hydrogen-bond acceptors (Lipinski definition) is 2. The number of allylic oxidation sites excluding steroid dienone is 9. The van der Waals surface area contributed by atoms with Crippen LogP contribution in [0.5, 0.6) is 5.75 Å². The molecule has 316 valence electrons. The highest BCUT2D eigenvalue weighted by Gasteiger charge is 2.17. The minimum Gasteiger partial charge on any atom is -0.497 e. The van der Waals surface area contributed by atoms with E-state index in [9.17, 15) is 0 Å². The Hall–Kier alpha value is -7.94. The smallest absolute Gasteiger partial charge is 0.118 e. The summed E-state index contributed by atoms with van der Waals surface area (Å²) in [5, 5.41) is 2.34. The first kappa shape index (κ1) is 42.4. The molecule has 2 nitrogen and oxygen atoms in total. The number of benzene rings is 8. The van der Waals surface area contributed by atoms with Crippen LogP contribution in [0.1, 0.15) is 57.3 Å². The van der Waals surface area contributed by atoms with Crippen molar-refractivity contribution in [1.29, 1.82) is 0 Å². The molecular formula is C63H53NO. The normalized spacial score (nSPS) is 13.3. The molecule has 0 amide bonds. The number of methoxy groups -OCH3 is 1. The third-order valence-electron chi connectivity index (χ3n) is 12.0. The van der Waals surface area contributed by atoms with E-state index in [-0.39, 0.29) is 0 Å². The summed E-state index contributed by atoms with van der Waals surface area (Å²) in [4.78, 5) is 2.38. The molecule has 9 rings (SSSR count). The highest BCUT2D eigenvalue weighted by atomic mass is 16.5. The Morgan fingerprint density at radius 1 is 0.523 bits per heavy atom. The monoisotopic (exact) mass is 839 g/mol. The van der Waals surface area contributed by atoms with Gasteiger partial charge in [0.1, 0.15) is 5.75 Å². The summed E-state index contributed by atoms with van der Waals surface area (Å²) in [5.74, 6) is 0.834. The molecular weight excluding hydrogens is 787 g/mol. The maximum atomic E-state index is 5.54. The molecule has 65 heavy (non-hydrogen) atoms. The van der Waals surface area contributed by atoms with E-state index in [0.29, 0.717) is 0 Å². The molecule has 1 aliphatic carbocycles. The maximum absolute atomic E-state index is 5.54. The average molecular weight is 840 g/mol. The van der Waals surface area contributed by atoms with Crippen LogP contribution in [-0.2, 0) is 0 Å². The first-order valence-electron chi connectivity index (χ1n) is 22.5. The molecule has 0 bridgehead atoms. The van der Waals surface area contributed by atoms with Gasteiger partial charge in [0.05, 0.1) is 12.8 Å². The van der Waals surface area contributed by atoms with Crippen LogP contribution in [0.4, 0.5) is 17.1 Å². The summed E-state index contributed by atoms with van der Waals surface area (Å²) >= 11 is 0. The van der Waals surface area contributed by atoms with Gasteiger partial charge in [-0.15, -0.1) is 0 Å². The topological polar surface area (TPSA) is 12.5 Å². The fourth-order valence-electron chi connectivity index (χ4n) is 8.53. The Bertz CT molecular complexity index is 3070. The molecule has 0 spiro atoms. The van der Waals surface area contributed by atoms with E-state index in [2.05, 4.69) is 249 Å². The molecule has 0 N–H and O–H groups in total. The first-order chi connectivity index (χ1) is 32.0. The lowest BCUT2D eigenvalue weighted by atomic mass is 9.91. The van der Waals surface area contributed by atoms with Gasteiger partial charge in [0.2, 0.25) is 0 Å². The van der Waals surface area contributed by atoms with Crippen molar-refractivity contribution >= 4 is 56.7 Å². The van der Waals surface area contributed by atoms with E-state index < -0.39 is 0 Å². The molecule has 1 aliphatic rings. The van der Waals surface area contributed by atoms with Crippen LogP contribution in [0, 0.1) is 13.8 Å². The van der Waals surface area contributed by atoms with Crippen molar-refractivity contribution in [1.82, 2.24) is 0 Å². The highest BCUT2D eigenvalue weighted by Crippen LogP contribution is 2.41. The average Bonchev–Trinajstić information content (AvgIpc) is 3.37. The van der Waals surface area contributed by atoms with E-state index in [1.165, 1.54) is 38.6 Å². The molecule has 0 saturated heterocycles. The van der Waals surface area contributed by atoms with E-state index >= 15 is 0 Å². The Morgan fingerprint density at radius 3 is 1.72 bits per heavy atom. The van der Waals surface area contributed by atoms with Crippen LogP contribution in [0.3, 0.4) is 0 Å². The molecule has 0 fully saturated rings. The molecule has 0 unspecified atom stereocenters. The molecule has 8 aromatic rings. The quantitative estimate of drug-likeness (QED) is 0.0847. The highest BCUT2D eigenvalue weighted by molar-refractivity contribution is 6.06. The van der Waals surface area contributed by atoms with Crippen LogP contribution in [0.25, 0.3) is 39.6 Å². The number of nitrogens with zero attached hydrogens (tertiary/aromatic N) is 1. The molecule has 8 aromatic carbocycles. The van der Waals surface area contributed by atoms with Gasteiger partial charge in [0.15, 0.2) is 0 Å². The number of rotatable bonds is 13. The van der Waals surface area contributed by atoms with Gasteiger partial charge in [0.25, 0.3) is 0 Å². The number of ether oxygens (including phenoxy) is 1. The van der Waals surface area contributed by atoms with Gasteiger partial charge in [0, 0.05) is 16.8 Å². The molecule has 0 atom stereocenters. The number of fused-ring (bicyclic) bond motifs is 1. The Morgan fingerprint density at radius 2 is 1.09 bits per heavy atom. The lowest BCUT2D eigenvalue weighted by Gasteiger charge is -2.27. The summed E-state index contributed by atoms with van der Waals surface area (Å²) in [7, 11) is 1.71. The number of anilines is 3. The summed E-state index contributed by atoms with van der Waals surface area (Å²) in [6.45, 7) is 4.27.